The van der Waals surface area contributed by atoms with Crippen molar-refractivity contribution in [3.8, 4) is 0 Å². The fourth-order valence-corrected chi connectivity index (χ4v) is 2.42. The summed E-state index contributed by atoms with van der Waals surface area (Å²) < 4.78 is 13.4. The molecule has 0 amide bonds. The molecule has 2 atom stereocenters. The molecule has 1 aromatic rings. The van der Waals surface area contributed by atoms with Crippen molar-refractivity contribution < 1.29 is 14.3 Å². The highest BCUT2D eigenvalue weighted by Gasteiger charge is 2.23. The number of rotatable bonds is 3. The van der Waals surface area contributed by atoms with E-state index in [1.54, 1.807) is 6.07 Å². The number of benzene rings is 1. The lowest BCUT2D eigenvalue weighted by Gasteiger charge is -2.16. The van der Waals surface area contributed by atoms with Crippen molar-refractivity contribution in [1.29, 1.82) is 0 Å². The standard InChI is InChI=1S/C13H16FNO2/c1-8-5-6-9(7-8)15-11-4-2-3-10(14)12(11)13(16)17/h2-4,8-9,15H,5-7H2,1H3,(H,16,17). The van der Waals surface area contributed by atoms with E-state index in [4.69, 9.17) is 5.11 Å². The number of hydrogen-bond donors (Lipinski definition) is 2. The number of anilines is 1. The first kappa shape index (κ1) is 11.9. The van der Waals surface area contributed by atoms with Crippen LogP contribution >= 0.6 is 0 Å². The lowest BCUT2D eigenvalue weighted by atomic mass is 10.1. The van der Waals surface area contributed by atoms with Crippen molar-refractivity contribution in [2.75, 3.05) is 5.32 Å². The van der Waals surface area contributed by atoms with Crippen LogP contribution in [0.4, 0.5) is 10.1 Å². The van der Waals surface area contributed by atoms with Gasteiger partial charge in [-0.1, -0.05) is 13.0 Å². The van der Waals surface area contributed by atoms with Crippen LogP contribution in [-0.2, 0) is 0 Å². The molecule has 0 aliphatic heterocycles. The fraction of sp³-hybridized carbons (Fsp3) is 0.462. The Morgan fingerprint density at radius 2 is 2.24 bits per heavy atom. The first-order chi connectivity index (χ1) is 8.08. The van der Waals surface area contributed by atoms with Crippen LogP contribution in [0, 0.1) is 11.7 Å². The number of nitrogens with one attached hydrogen (secondary N) is 1. The minimum atomic E-state index is -1.23. The smallest absolute Gasteiger partial charge is 0.340 e. The van der Waals surface area contributed by atoms with Gasteiger partial charge in [0, 0.05) is 6.04 Å². The number of aromatic carboxylic acids is 1. The highest BCUT2D eigenvalue weighted by atomic mass is 19.1. The molecule has 2 unspecified atom stereocenters. The van der Waals surface area contributed by atoms with E-state index in [0.29, 0.717) is 11.6 Å². The van der Waals surface area contributed by atoms with Crippen LogP contribution in [0.2, 0.25) is 0 Å². The number of halogens is 1. The topological polar surface area (TPSA) is 49.3 Å². The molecule has 1 aromatic carbocycles. The van der Waals surface area contributed by atoms with Crippen LogP contribution in [-0.4, -0.2) is 17.1 Å². The lowest BCUT2D eigenvalue weighted by molar-refractivity contribution is 0.0693. The summed E-state index contributed by atoms with van der Waals surface area (Å²) in [5.74, 6) is -1.26. The maximum Gasteiger partial charge on any atom is 0.340 e. The zero-order valence-electron chi connectivity index (χ0n) is 9.74. The van der Waals surface area contributed by atoms with Crippen molar-refractivity contribution >= 4 is 11.7 Å². The zero-order valence-corrected chi connectivity index (χ0v) is 9.74. The lowest BCUT2D eigenvalue weighted by Crippen LogP contribution is -2.18. The Bertz CT molecular complexity index is 433. The minimum Gasteiger partial charge on any atom is -0.478 e. The third-order valence-electron chi connectivity index (χ3n) is 3.28. The highest BCUT2D eigenvalue weighted by molar-refractivity contribution is 5.94. The van der Waals surface area contributed by atoms with E-state index in [1.807, 2.05) is 0 Å². The molecule has 4 heteroatoms. The van der Waals surface area contributed by atoms with Gasteiger partial charge in [0.05, 0.1) is 5.69 Å². The summed E-state index contributed by atoms with van der Waals surface area (Å²) >= 11 is 0. The largest absolute Gasteiger partial charge is 0.478 e. The quantitative estimate of drug-likeness (QED) is 0.849. The van der Waals surface area contributed by atoms with Gasteiger partial charge in [-0.25, -0.2) is 9.18 Å². The van der Waals surface area contributed by atoms with Crippen LogP contribution in [0.3, 0.4) is 0 Å². The molecule has 1 fully saturated rings. The Morgan fingerprint density at radius 3 is 2.82 bits per heavy atom. The van der Waals surface area contributed by atoms with Crippen LogP contribution in [0.15, 0.2) is 18.2 Å². The molecule has 1 aliphatic carbocycles. The van der Waals surface area contributed by atoms with E-state index < -0.39 is 11.8 Å². The maximum atomic E-state index is 13.4. The average Bonchev–Trinajstić information content (AvgIpc) is 2.63. The molecule has 2 N–H and O–H groups in total. The summed E-state index contributed by atoms with van der Waals surface area (Å²) in [5, 5.41) is 12.1. The Hall–Kier alpha value is -1.58. The van der Waals surface area contributed by atoms with Gasteiger partial charge in [-0.3, -0.25) is 0 Å². The molecule has 0 aromatic heterocycles. The predicted molar refractivity (Wildman–Crippen MR) is 63.8 cm³/mol. The van der Waals surface area contributed by atoms with E-state index in [0.717, 1.165) is 19.3 Å². The summed E-state index contributed by atoms with van der Waals surface area (Å²) in [6.45, 7) is 2.17. The molecule has 1 aliphatic rings. The molecule has 92 valence electrons. The third kappa shape index (κ3) is 2.57. The van der Waals surface area contributed by atoms with Gasteiger partial charge in [-0.2, -0.15) is 0 Å². The maximum absolute atomic E-state index is 13.4. The molecule has 0 bridgehead atoms. The molecular formula is C13H16FNO2. The Kier molecular flexibility index (Phi) is 3.31. The second-order valence-electron chi connectivity index (χ2n) is 4.73. The molecule has 0 saturated heterocycles. The molecule has 0 heterocycles. The first-order valence-corrected chi connectivity index (χ1v) is 5.86. The van der Waals surface area contributed by atoms with Gasteiger partial charge in [0.25, 0.3) is 0 Å². The second-order valence-corrected chi connectivity index (χ2v) is 4.73. The Morgan fingerprint density at radius 1 is 1.47 bits per heavy atom. The van der Waals surface area contributed by atoms with Gasteiger partial charge in [0.15, 0.2) is 0 Å². The summed E-state index contributed by atoms with van der Waals surface area (Å²) in [5.41, 5.74) is 0.128. The van der Waals surface area contributed by atoms with Gasteiger partial charge in [0.2, 0.25) is 0 Å². The molecule has 2 rings (SSSR count). The predicted octanol–water partition coefficient (Wildman–Crippen LogP) is 3.12. The highest BCUT2D eigenvalue weighted by Crippen LogP contribution is 2.29. The normalized spacial score (nSPS) is 23.6. The third-order valence-corrected chi connectivity index (χ3v) is 3.28. The molecule has 3 nitrogen and oxygen atoms in total. The summed E-state index contributed by atoms with van der Waals surface area (Å²) in [6, 6.07) is 4.58. The molecule has 0 radical (unpaired) electrons. The second kappa shape index (κ2) is 4.73. The molecule has 17 heavy (non-hydrogen) atoms. The van der Waals surface area contributed by atoms with Crippen LogP contribution in [0.25, 0.3) is 0 Å². The Balaban J connectivity index is 2.20. The number of carboxylic acids is 1. The van der Waals surface area contributed by atoms with Gasteiger partial charge >= 0.3 is 5.97 Å². The van der Waals surface area contributed by atoms with Gasteiger partial charge < -0.3 is 10.4 Å². The SMILES string of the molecule is CC1CCC(Nc2cccc(F)c2C(=O)O)C1. The van der Waals surface area contributed by atoms with Crippen molar-refractivity contribution in [3.63, 3.8) is 0 Å². The molecular weight excluding hydrogens is 221 g/mol. The monoisotopic (exact) mass is 237 g/mol. The van der Waals surface area contributed by atoms with Gasteiger partial charge in [0.1, 0.15) is 11.4 Å². The fourth-order valence-electron chi connectivity index (χ4n) is 2.42. The van der Waals surface area contributed by atoms with Crippen LogP contribution in [0.5, 0.6) is 0 Å². The molecule has 0 spiro atoms. The average molecular weight is 237 g/mol. The minimum absolute atomic E-state index is 0.255. The summed E-state index contributed by atoms with van der Waals surface area (Å²) in [4.78, 5) is 11.0. The zero-order chi connectivity index (χ0) is 12.4. The van der Waals surface area contributed by atoms with Crippen molar-refractivity contribution in [3.05, 3.63) is 29.6 Å². The summed E-state index contributed by atoms with van der Waals surface area (Å²) in [7, 11) is 0. The van der Waals surface area contributed by atoms with E-state index in [2.05, 4.69) is 12.2 Å². The number of carbonyl (C=O) groups is 1. The van der Waals surface area contributed by atoms with Gasteiger partial charge in [-0.15, -0.1) is 0 Å². The number of hydrogen-bond acceptors (Lipinski definition) is 2. The van der Waals surface area contributed by atoms with Crippen molar-refractivity contribution in [2.24, 2.45) is 5.92 Å². The van der Waals surface area contributed by atoms with Crippen LogP contribution in [0.1, 0.15) is 36.5 Å². The van der Waals surface area contributed by atoms with E-state index in [1.165, 1.54) is 12.1 Å². The van der Waals surface area contributed by atoms with Crippen molar-refractivity contribution in [1.82, 2.24) is 0 Å². The Labute approximate surface area is 99.7 Å². The summed E-state index contributed by atoms with van der Waals surface area (Å²) in [6.07, 6.45) is 3.15. The first-order valence-electron chi connectivity index (χ1n) is 5.86. The van der Waals surface area contributed by atoms with Crippen LogP contribution < -0.4 is 5.32 Å². The van der Waals surface area contributed by atoms with E-state index >= 15 is 0 Å². The number of carboxylic acid groups (broad SMARTS) is 1. The van der Waals surface area contributed by atoms with Crippen molar-refractivity contribution in [2.45, 2.75) is 32.2 Å². The van der Waals surface area contributed by atoms with E-state index in [9.17, 15) is 9.18 Å². The molecule has 1 saturated carbocycles. The van der Waals surface area contributed by atoms with Gasteiger partial charge in [-0.05, 0) is 37.3 Å². The van der Waals surface area contributed by atoms with E-state index in [-0.39, 0.29) is 11.6 Å².